The normalized spacial score (nSPS) is 13.8. The van der Waals surface area contributed by atoms with Gasteiger partial charge < -0.3 is 9.88 Å². The van der Waals surface area contributed by atoms with Crippen LogP contribution in [-0.4, -0.2) is 22.1 Å². The van der Waals surface area contributed by atoms with Crippen molar-refractivity contribution in [2.45, 2.75) is 66.0 Å². The Bertz CT molecular complexity index is 298. The van der Waals surface area contributed by atoms with Crippen LogP contribution in [0.25, 0.3) is 0 Å². The molecule has 0 bridgehead atoms. The quantitative estimate of drug-likeness (QED) is 0.717. The molecule has 0 fully saturated rings. The standard InChI is InChI=1S/C15H29N3/c1-5-6-7-8-9-17-14(15(2,3)4)12-18-11-10-16-13-18/h10-11,13-14,17H,5-9,12H2,1-4H3. The van der Waals surface area contributed by atoms with Crippen LogP contribution >= 0.6 is 0 Å². The van der Waals surface area contributed by atoms with Crippen LogP contribution < -0.4 is 5.32 Å². The zero-order chi connectivity index (χ0) is 13.4. The van der Waals surface area contributed by atoms with Crippen molar-refractivity contribution in [1.29, 1.82) is 0 Å². The number of hydrogen-bond donors (Lipinski definition) is 1. The molecule has 1 rings (SSSR count). The lowest BCUT2D eigenvalue weighted by Crippen LogP contribution is -2.43. The molecule has 1 heterocycles. The van der Waals surface area contributed by atoms with Crippen molar-refractivity contribution in [3.63, 3.8) is 0 Å². The molecule has 1 aromatic heterocycles. The molecule has 18 heavy (non-hydrogen) atoms. The molecule has 0 aliphatic heterocycles. The van der Waals surface area contributed by atoms with E-state index in [4.69, 9.17) is 0 Å². The fourth-order valence-electron chi connectivity index (χ4n) is 2.08. The third-order valence-electron chi connectivity index (χ3n) is 3.42. The molecule has 1 aromatic rings. The lowest BCUT2D eigenvalue weighted by atomic mass is 9.86. The number of imidazole rings is 1. The first-order valence-electron chi connectivity index (χ1n) is 7.23. The summed E-state index contributed by atoms with van der Waals surface area (Å²) in [6.07, 6.45) is 11.1. The summed E-state index contributed by atoms with van der Waals surface area (Å²) in [6.45, 7) is 11.3. The number of aromatic nitrogens is 2. The Balaban J connectivity index is 2.37. The van der Waals surface area contributed by atoms with Crippen LogP contribution in [0.3, 0.4) is 0 Å². The lowest BCUT2D eigenvalue weighted by molar-refractivity contribution is 0.241. The Hall–Kier alpha value is -0.830. The van der Waals surface area contributed by atoms with Gasteiger partial charge in [-0.05, 0) is 18.4 Å². The van der Waals surface area contributed by atoms with Crippen molar-refractivity contribution in [3.8, 4) is 0 Å². The molecule has 0 radical (unpaired) electrons. The van der Waals surface area contributed by atoms with E-state index in [0.717, 1.165) is 13.1 Å². The van der Waals surface area contributed by atoms with Gasteiger partial charge in [0.2, 0.25) is 0 Å². The molecule has 0 aliphatic rings. The minimum absolute atomic E-state index is 0.273. The first-order chi connectivity index (χ1) is 8.54. The first kappa shape index (κ1) is 15.2. The second-order valence-corrected chi connectivity index (χ2v) is 6.19. The van der Waals surface area contributed by atoms with Crippen LogP contribution in [0.2, 0.25) is 0 Å². The van der Waals surface area contributed by atoms with E-state index in [1.54, 1.807) is 0 Å². The third-order valence-corrected chi connectivity index (χ3v) is 3.42. The van der Waals surface area contributed by atoms with Crippen molar-refractivity contribution in [1.82, 2.24) is 14.9 Å². The Morgan fingerprint density at radius 2 is 2.00 bits per heavy atom. The summed E-state index contributed by atoms with van der Waals surface area (Å²) < 4.78 is 2.16. The van der Waals surface area contributed by atoms with Crippen LogP contribution in [-0.2, 0) is 6.54 Å². The van der Waals surface area contributed by atoms with Crippen LogP contribution in [0, 0.1) is 5.41 Å². The highest BCUT2D eigenvalue weighted by Crippen LogP contribution is 2.20. The van der Waals surface area contributed by atoms with Gasteiger partial charge in [-0.3, -0.25) is 0 Å². The molecular formula is C15H29N3. The Kier molecular flexibility index (Phi) is 6.41. The van der Waals surface area contributed by atoms with Gasteiger partial charge in [-0.1, -0.05) is 47.0 Å². The van der Waals surface area contributed by atoms with E-state index in [-0.39, 0.29) is 5.41 Å². The topological polar surface area (TPSA) is 29.9 Å². The summed E-state index contributed by atoms with van der Waals surface area (Å²) in [6, 6.07) is 0.494. The van der Waals surface area contributed by atoms with Gasteiger partial charge in [0.1, 0.15) is 0 Å². The van der Waals surface area contributed by atoms with Crippen molar-refractivity contribution < 1.29 is 0 Å². The van der Waals surface area contributed by atoms with Crippen LogP contribution in [0.1, 0.15) is 53.4 Å². The van der Waals surface area contributed by atoms with Crippen molar-refractivity contribution in [3.05, 3.63) is 18.7 Å². The molecule has 1 atom stereocenters. The monoisotopic (exact) mass is 251 g/mol. The highest BCUT2D eigenvalue weighted by atomic mass is 15.1. The fourth-order valence-corrected chi connectivity index (χ4v) is 2.08. The number of hydrogen-bond acceptors (Lipinski definition) is 2. The molecule has 0 amide bonds. The minimum atomic E-state index is 0.273. The molecule has 3 nitrogen and oxygen atoms in total. The van der Waals surface area contributed by atoms with Gasteiger partial charge in [-0.15, -0.1) is 0 Å². The summed E-state index contributed by atoms with van der Waals surface area (Å²) >= 11 is 0. The molecule has 1 N–H and O–H groups in total. The van der Waals surface area contributed by atoms with E-state index in [0.29, 0.717) is 6.04 Å². The third kappa shape index (κ3) is 5.67. The Morgan fingerprint density at radius 3 is 2.56 bits per heavy atom. The Morgan fingerprint density at radius 1 is 1.22 bits per heavy atom. The molecule has 104 valence electrons. The zero-order valence-corrected chi connectivity index (χ0v) is 12.4. The van der Waals surface area contributed by atoms with Gasteiger partial charge >= 0.3 is 0 Å². The average molecular weight is 251 g/mol. The Labute approximate surface area is 112 Å². The second kappa shape index (κ2) is 7.57. The molecule has 0 saturated heterocycles. The number of unbranched alkanes of at least 4 members (excludes halogenated alkanes) is 3. The predicted octanol–water partition coefficient (Wildman–Crippen LogP) is 3.47. The summed E-state index contributed by atoms with van der Waals surface area (Å²) in [5.41, 5.74) is 0.273. The van der Waals surface area contributed by atoms with Gasteiger partial charge in [0, 0.05) is 25.0 Å². The van der Waals surface area contributed by atoms with Gasteiger partial charge in [0.25, 0.3) is 0 Å². The fraction of sp³-hybridized carbons (Fsp3) is 0.800. The lowest BCUT2D eigenvalue weighted by Gasteiger charge is -2.32. The highest BCUT2D eigenvalue weighted by Gasteiger charge is 2.24. The smallest absolute Gasteiger partial charge is 0.0946 e. The van der Waals surface area contributed by atoms with Crippen LogP contribution in [0.5, 0.6) is 0 Å². The minimum Gasteiger partial charge on any atom is -0.336 e. The average Bonchev–Trinajstić information content (AvgIpc) is 2.78. The van der Waals surface area contributed by atoms with E-state index >= 15 is 0 Å². The maximum Gasteiger partial charge on any atom is 0.0946 e. The van der Waals surface area contributed by atoms with E-state index in [1.165, 1.54) is 25.7 Å². The summed E-state index contributed by atoms with van der Waals surface area (Å²) in [5.74, 6) is 0. The summed E-state index contributed by atoms with van der Waals surface area (Å²) in [4.78, 5) is 4.11. The van der Waals surface area contributed by atoms with E-state index in [9.17, 15) is 0 Å². The van der Waals surface area contributed by atoms with E-state index in [1.807, 2.05) is 18.7 Å². The van der Waals surface area contributed by atoms with Crippen molar-refractivity contribution in [2.24, 2.45) is 5.41 Å². The summed E-state index contributed by atoms with van der Waals surface area (Å²) in [5, 5.41) is 3.71. The van der Waals surface area contributed by atoms with Gasteiger partial charge in [-0.2, -0.15) is 0 Å². The van der Waals surface area contributed by atoms with Gasteiger partial charge in [0.15, 0.2) is 0 Å². The SMILES string of the molecule is CCCCCCNC(Cn1ccnc1)C(C)(C)C. The first-order valence-corrected chi connectivity index (χ1v) is 7.23. The predicted molar refractivity (Wildman–Crippen MR) is 77.6 cm³/mol. The highest BCUT2D eigenvalue weighted by molar-refractivity contribution is 4.84. The van der Waals surface area contributed by atoms with Gasteiger partial charge in [0.05, 0.1) is 6.33 Å². The largest absolute Gasteiger partial charge is 0.336 e. The molecular weight excluding hydrogens is 222 g/mol. The molecule has 1 unspecified atom stereocenters. The van der Waals surface area contributed by atoms with Gasteiger partial charge in [-0.25, -0.2) is 4.98 Å². The van der Waals surface area contributed by atoms with Crippen LogP contribution in [0.4, 0.5) is 0 Å². The number of rotatable bonds is 8. The number of nitrogens with one attached hydrogen (secondary N) is 1. The maximum absolute atomic E-state index is 4.11. The van der Waals surface area contributed by atoms with Crippen molar-refractivity contribution >= 4 is 0 Å². The number of nitrogens with zero attached hydrogens (tertiary/aromatic N) is 2. The maximum atomic E-state index is 4.11. The molecule has 0 aliphatic carbocycles. The molecule has 0 saturated carbocycles. The zero-order valence-electron chi connectivity index (χ0n) is 12.4. The second-order valence-electron chi connectivity index (χ2n) is 6.19. The van der Waals surface area contributed by atoms with Crippen LogP contribution in [0.15, 0.2) is 18.7 Å². The molecule has 0 spiro atoms. The summed E-state index contributed by atoms with van der Waals surface area (Å²) in [7, 11) is 0. The van der Waals surface area contributed by atoms with Crippen molar-refractivity contribution in [2.75, 3.05) is 6.54 Å². The molecule has 3 heteroatoms. The van der Waals surface area contributed by atoms with E-state index < -0.39 is 0 Å². The van der Waals surface area contributed by atoms with E-state index in [2.05, 4.69) is 42.6 Å². The molecule has 0 aromatic carbocycles.